The number of benzene rings is 2. The van der Waals surface area contributed by atoms with Crippen LogP contribution in [0.1, 0.15) is 5.56 Å². The Morgan fingerprint density at radius 2 is 1.68 bits per heavy atom. The van der Waals surface area contributed by atoms with Crippen molar-refractivity contribution in [2.75, 3.05) is 5.32 Å². The molecule has 0 atom stereocenters. The smallest absolute Gasteiger partial charge is 0.152 e. The van der Waals surface area contributed by atoms with Crippen LogP contribution in [0.5, 0.6) is 11.5 Å². The molecule has 2 aromatic carbocycles. The topological polar surface area (TPSA) is 52.5 Å². The lowest BCUT2D eigenvalue weighted by atomic mass is 10.2. The average Bonchev–Trinajstić information content (AvgIpc) is 2.37. The molecule has 6 heteroatoms. The van der Waals surface area contributed by atoms with Crippen LogP contribution in [-0.4, -0.2) is 10.2 Å². The van der Waals surface area contributed by atoms with Gasteiger partial charge >= 0.3 is 0 Å². The molecule has 3 N–H and O–H groups in total. The predicted octanol–water partition coefficient (Wildman–Crippen LogP) is 4.78. The Labute approximate surface area is 128 Å². The van der Waals surface area contributed by atoms with E-state index in [2.05, 4.69) is 21.2 Å². The summed E-state index contributed by atoms with van der Waals surface area (Å²) in [6.45, 7) is 0.405. The molecule has 0 bridgehead atoms. The zero-order valence-corrected chi connectivity index (χ0v) is 12.7. The van der Waals surface area contributed by atoms with Gasteiger partial charge in [0.1, 0.15) is 5.75 Å². The number of nitrogens with one attached hydrogen (secondary N) is 1. The van der Waals surface area contributed by atoms with E-state index >= 15 is 0 Å². The van der Waals surface area contributed by atoms with E-state index in [0.29, 0.717) is 12.2 Å². The molecule has 100 valence electrons. The van der Waals surface area contributed by atoms with Crippen molar-refractivity contribution in [2.24, 2.45) is 0 Å². The number of phenols is 2. The third kappa shape index (κ3) is 3.47. The molecular weight excluding hydrogens is 353 g/mol. The normalized spacial score (nSPS) is 10.5. The molecule has 0 saturated heterocycles. The fourth-order valence-corrected chi connectivity index (χ4v) is 2.46. The molecule has 0 radical (unpaired) electrons. The summed E-state index contributed by atoms with van der Waals surface area (Å²) >= 11 is 15.0. The standard InChI is InChI=1S/C13H10BrCl2NO2/c14-8-1-2-12(18)7(3-8)6-17-9-4-10(15)13(19)11(16)5-9/h1-5,17-19H,6H2. The first-order chi connectivity index (χ1) is 8.97. The number of anilines is 1. The van der Waals surface area contributed by atoms with Gasteiger partial charge in [-0.15, -0.1) is 0 Å². The molecule has 0 aliphatic rings. The van der Waals surface area contributed by atoms with Gasteiger partial charge in [0.25, 0.3) is 0 Å². The van der Waals surface area contributed by atoms with Gasteiger partial charge in [0.2, 0.25) is 0 Å². The Bertz CT molecular complexity index is 597. The minimum Gasteiger partial charge on any atom is -0.508 e. The van der Waals surface area contributed by atoms with Crippen LogP contribution >= 0.6 is 39.1 Å². The number of aromatic hydroxyl groups is 2. The molecule has 0 aromatic heterocycles. The maximum atomic E-state index is 9.71. The first-order valence-electron chi connectivity index (χ1n) is 5.36. The molecule has 0 aliphatic carbocycles. The van der Waals surface area contributed by atoms with Crippen LogP contribution in [0.25, 0.3) is 0 Å². The van der Waals surface area contributed by atoms with Gasteiger partial charge in [-0.1, -0.05) is 39.1 Å². The lowest BCUT2D eigenvalue weighted by molar-refractivity contribution is 0.469. The van der Waals surface area contributed by atoms with Gasteiger partial charge in [0, 0.05) is 22.3 Å². The van der Waals surface area contributed by atoms with Crippen molar-refractivity contribution in [1.29, 1.82) is 0 Å². The molecule has 0 fully saturated rings. The number of hydrogen-bond donors (Lipinski definition) is 3. The minimum atomic E-state index is -0.140. The third-order valence-electron chi connectivity index (χ3n) is 2.54. The van der Waals surface area contributed by atoms with E-state index in [4.69, 9.17) is 23.2 Å². The van der Waals surface area contributed by atoms with E-state index in [0.717, 1.165) is 10.0 Å². The Morgan fingerprint density at radius 3 is 2.32 bits per heavy atom. The number of hydrogen-bond acceptors (Lipinski definition) is 3. The van der Waals surface area contributed by atoms with Gasteiger partial charge in [-0.05, 0) is 30.3 Å². The first kappa shape index (κ1) is 14.3. The monoisotopic (exact) mass is 361 g/mol. The van der Waals surface area contributed by atoms with Gasteiger partial charge in [-0.2, -0.15) is 0 Å². The molecule has 0 spiro atoms. The second kappa shape index (κ2) is 5.90. The summed E-state index contributed by atoms with van der Waals surface area (Å²) in [7, 11) is 0. The van der Waals surface area contributed by atoms with Crippen LogP contribution in [0.4, 0.5) is 5.69 Å². The van der Waals surface area contributed by atoms with E-state index in [1.54, 1.807) is 24.3 Å². The van der Waals surface area contributed by atoms with Crippen LogP contribution < -0.4 is 5.32 Å². The van der Waals surface area contributed by atoms with E-state index in [-0.39, 0.29) is 21.5 Å². The van der Waals surface area contributed by atoms with Crippen molar-refractivity contribution < 1.29 is 10.2 Å². The lowest BCUT2D eigenvalue weighted by Gasteiger charge is -2.10. The van der Waals surface area contributed by atoms with Gasteiger partial charge in [0.15, 0.2) is 5.75 Å². The highest BCUT2D eigenvalue weighted by Crippen LogP contribution is 2.35. The molecular formula is C13H10BrCl2NO2. The molecule has 0 saturated carbocycles. The number of rotatable bonds is 3. The summed E-state index contributed by atoms with van der Waals surface area (Å²) in [6, 6.07) is 8.31. The van der Waals surface area contributed by atoms with Crippen LogP contribution in [0.3, 0.4) is 0 Å². The van der Waals surface area contributed by atoms with Crippen molar-refractivity contribution >= 4 is 44.8 Å². The Balaban J connectivity index is 2.17. The summed E-state index contributed by atoms with van der Waals surface area (Å²) in [5.74, 6) is 0.0610. The summed E-state index contributed by atoms with van der Waals surface area (Å²) in [4.78, 5) is 0. The zero-order chi connectivity index (χ0) is 14.0. The fourth-order valence-electron chi connectivity index (χ4n) is 1.56. The predicted molar refractivity (Wildman–Crippen MR) is 81.3 cm³/mol. The maximum absolute atomic E-state index is 9.71. The second-order valence-electron chi connectivity index (χ2n) is 3.92. The van der Waals surface area contributed by atoms with Crippen LogP contribution in [0.2, 0.25) is 10.0 Å². The van der Waals surface area contributed by atoms with Gasteiger partial charge in [-0.25, -0.2) is 0 Å². The van der Waals surface area contributed by atoms with Gasteiger partial charge < -0.3 is 15.5 Å². The van der Waals surface area contributed by atoms with Crippen LogP contribution in [0, 0.1) is 0 Å². The second-order valence-corrected chi connectivity index (χ2v) is 5.65. The lowest BCUT2D eigenvalue weighted by Crippen LogP contribution is -1.99. The number of phenolic OH excluding ortho intramolecular Hbond substituents is 2. The molecule has 3 nitrogen and oxygen atoms in total. The molecule has 2 rings (SSSR count). The van der Waals surface area contributed by atoms with E-state index in [9.17, 15) is 10.2 Å². The van der Waals surface area contributed by atoms with Gasteiger partial charge in [-0.3, -0.25) is 0 Å². The van der Waals surface area contributed by atoms with Crippen molar-refractivity contribution in [3.8, 4) is 11.5 Å². The quantitative estimate of drug-likeness (QED) is 0.688. The van der Waals surface area contributed by atoms with Crippen molar-refractivity contribution in [2.45, 2.75) is 6.54 Å². The first-order valence-corrected chi connectivity index (χ1v) is 6.91. The Hall–Kier alpha value is -1.10. The van der Waals surface area contributed by atoms with Crippen molar-refractivity contribution in [1.82, 2.24) is 0 Å². The zero-order valence-electron chi connectivity index (χ0n) is 9.62. The molecule has 19 heavy (non-hydrogen) atoms. The highest BCUT2D eigenvalue weighted by molar-refractivity contribution is 9.10. The minimum absolute atomic E-state index is 0.140. The average molecular weight is 363 g/mol. The number of halogens is 3. The van der Waals surface area contributed by atoms with E-state index < -0.39 is 0 Å². The third-order valence-corrected chi connectivity index (χ3v) is 3.61. The van der Waals surface area contributed by atoms with Crippen molar-refractivity contribution in [3.05, 3.63) is 50.4 Å². The Kier molecular flexibility index (Phi) is 4.45. The molecule has 0 amide bonds. The summed E-state index contributed by atoms with van der Waals surface area (Å²) in [6.07, 6.45) is 0. The summed E-state index contributed by atoms with van der Waals surface area (Å²) < 4.78 is 0.879. The fraction of sp³-hybridized carbons (Fsp3) is 0.0769. The maximum Gasteiger partial charge on any atom is 0.152 e. The van der Waals surface area contributed by atoms with E-state index in [1.165, 1.54) is 0 Å². The summed E-state index contributed by atoms with van der Waals surface area (Å²) in [5.41, 5.74) is 1.39. The molecule has 0 heterocycles. The summed E-state index contributed by atoms with van der Waals surface area (Å²) in [5, 5.41) is 22.6. The molecule has 0 aliphatic heterocycles. The van der Waals surface area contributed by atoms with Gasteiger partial charge in [0.05, 0.1) is 10.0 Å². The van der Waals surface area contributed by atoms with Crippen LogP contribution in [0.15, 0.2) is 34.8 Å². The SMILES string of the molecule is Oc1ccc(Br)cc1CNc1cc(Cl)c(O)c(Cl)c1. The highest BCUT2D eigenvalue weighted by atomic mass is 79.9. The highest BCUT2D eigenvalue weighted by Gasteiger charge is 2.07. The van der Waals surface area contributed by atoms with E-state index in [1.807, 2.05) is 6.07 Å². The molecule has 2 aromatic rings. The molecule has 0 unspecified atom stereocenters. The van der Waals surface area contributed by atoms with Crippen LogP contribution in [-0.2, 0) is 6.54 Å². The Morgan fingerprint density at radius 1 is 1.05 bits per heavy atom. The largest absolute Gasteiger partial charge is 0.508 e. The van der Waals surface area contributed by atoms with Crippen molar-refractivity contribution in [3.63, 3.8) is 0 Å².